The van der Waals surface area contributed by atoms with E-state index in [0.717, 1.165) is 6.08 Å². The number of alkyl halides is 3. The van der Waals surface area contributed by atoms with Crippen molar-refractivity contribution in [2.45, 2.75) is 19.2 Å². The van der Waals surface area contributed by atoms with E-state index in [4.69, 9.17) is 21.1 Å². The Bertz CT molecular complexity index is 637. The number of hydrogen-bond acceptors (Lipinski definition) is 4. The molecule has 0 saturated carbocycles. The van der Waals surface area contributed by atoms with Gasteiger partial charge in [0.25, 0.3) is 0 Å². The number of methoxy groups -OCH3 is 1. The molecule has 114 valence electrons. The Balaban J connectivity index is 2.66. The molecule has 8 heteroatoms. The highest BCUT2D eigenvalue weighted by Crippen LogP contribution is 2.44. The molecular weight excluding hydrogens is 313 g/mol. The summed E-state index contributed by atoms with van der Waals surface area (Å²) >= 11 is 5.93. The minimum Gasteiger partial charge on any atom is -0.545 e. The molecule has 4 nitrogen and oxygen atoms in total. The molecule has 21 heavy (non-hydrogen) atoms. The maximum atomic E-state index is 12.9. The van der Waals surface area contributed by atoms with Gasteiger partial charge in [-0.3, -0.25) is 0 Å². The van der Waals surface area contributed by atoms with E-state index in [1.807, 2.05) is 0 Å². The molecular formula is C13H9ClF3O4-. The third-order valence-corrected chi connectivity index (χ3v) is 3.29. The van der Waals surface area contributed by atoms with Gasteiger partial charge in [0.1, 0.15) is 11.5 Å². The number of fused-ring (bicyclic) bond motifs is 1. The summed E-state index contributed by atoms with van der Waals surface area (Å²) in [6.45, 7) is 1.47. The molecule has 1 heterocycles. The van der Waals surface area contributed by atoms with Gasteiger partial charge in [0.05, 0.1) is 18.1 Å². The van der Waals surface area contributed by atoms with Crippen LogP contribution in [0.5, 0.6) is 11.5 Å². The molecule has 1 aromatic rings. The first-order valence-electron chi connectivity index (χ1n) is 5.70. The highest BCUT2D eigenvalue weighted by Gasteiger charge is 2.47. The fraction of sp³-hybridized carbons (Fsp3) is 0.308. The van der Waals surface area contributed by atoms with E-state index in [2.05, 4.69) is 0 Å². The molecule has 1 unspecified atom stereocenters. The maximum absolute atomic E-state index is 12.9. The zero-order chi connectivity index (χ0) is 15.9. The van der Waals surface area contributed by atoms with Gasteiger partial charge in [0.2, 0.25) is 6.10 Å². The van der Waals surface area contributed by atoms with E-state index >= 15 is 0 Å². The molecule has 0 aromatic heterocycles. The highest BCUT2D eigenvalue weighted by molar-refractivity contribution is 6.32. The summed E-state index contributed by atoms with van der Waals surface area (Å²) in [5, 5.41) is 11.0. The predicted octanol–water partition coefficient (Wildman–Crippen LogP) is 2.11. The van der Waals surface area contributed by atoms with Crippen LogP contribution in [-0.2, 0) is 4.79 Å². The number of aliphatic carboxylic acids is 1. The molecule has 1 aliphatic heterocycles. The summed E-state index contributed by atoms with van der Waals surface area (Å²) in [4.78, 5) is 10.9. The molecule has 0 radical (unpaired) electrons. The lowest BCUT2D eigenvalue weighted by molar-refractivity contribution is -0.302. The molecule has 1 aromatic carbocycles. The number of carbonyl (C=O) groups is 1. The van der Waals surface area contributed by atoms with Crippen molar-refractivity contribution in [2.24, 2.45) is 0 Å². The van der Waals surface area contributed by atoms with E-state index in [-0.39, 0.29) is 27.6 Å². The number of carboxylic acids is 1. The summed E-state index contributed by atoms with van der Waals surface area (Å²) in [6.07, 6.45) is -6.63. The number of halogens is 4. The summed E-state index contributed by atoms with van der Waals surface area (Å²) in [7, 11) is 1.31. The van der Waals surface area contributed by atoms with Gasteiger partial charge in [-0.25, -0.2) is 0 Å². The quantitative estimate of drug-likeness (QED) is 0.837. The summed E-state index contributed by atoms with van der Waals surface area (Å²) in [6, 6.07) is 1.28. The van der Waals surface area contributed by atoms with Crippen LogP contribution in [0, 0.1) is 6.92 Å². The molecule has 0 N–H and O–H groups in total. The average molecular weight is 322 g/mol. The van der Waals surface area contributed by atoms with Crippen molar-refractivity contribution < 1.29 is 32.5 Å². The molecule has 2 rings (SSSR count). The molecule has 1 atom stereocenters. The predicted molar refractivity (Wildman–Crippen MR) is 66.2 cm³/mol. The van der Waals surface area contributed by atoms with Crippen LogP contribution in [-0.4, -0.2) is 25.4 Å². The van der Waals surface area contributed by atoms with Gasteiger partial charge >= 0.3 is 6.18 Å². The van der Waals surface area contributed by atoms with Crippen LogP contribution >= 0.6 is 11.6 Å². The average Bonchev–Trinajstić information content (AvgIpc) is 2.36. The third-order valence-electron chi connectivity index (χ3n) is 3.01. The van der Waals surface area contributed by atoms with Gasteiger partial charge in [-0.05, 0) is 19.1 Å². The number of carbonyl (C=O) groups excluding carboxylic acids is 1. The van der Waals surface area contributed by atoms with Gasteiger partial charge in [0.15, 0.2) is 0 Å². The van der Waals surface area contributed by atoms with Crippen LogP contribution in [0.2, 0.25) is 5.02 Å². The molecule has 1 aliphatic rings. The molecule has 0 spiro atoms. The Morgan fingerprint density at radius 3 is 2.57 bits per heavy atom. The number of ether oxygens (including phenoxy) is 2. The highest BCUT2D eigenvalue weighted by atomic mass is 35.5. The summed E-state index contributed by atoms with van der Waals surface area (Å²) in [5.74, 6) is -1.90. The fourth-order valence-electron chi connectivity index (χ4n) is 2.11. The van der Waals surface area contributed by atoms with Crippen LogP contribution < -0.4 is 14.6 Å². The van der Waals surface area contributed by atoms with Crippen molar-refractivity contribution in [3.05, 3.63) is 27.8 Å². The third kappa shape index (κ3) is 2.65. The maximum Gasteiger partial charge on any atom is 0.429 e. The van der Waals surface area contributed by atoms with Crippen LogP contribution in [0.3, 0.4) is 0 Å². The van der Waals surface area contributed by atoms with E-state index in [0.29, 0.717) is 0 Å². The lowest BCUT2D eigenvalue weighted by atomic mass is 9.98. The van der Waals surface area contributed by atoms with Crippen LogP contribution in [0.25, 0.3) is 6.08 Å². The van der Waals surface area contributed by atoms with Crippen molar-refractivity contribution >= 4 is 23.6 Å². The normalized spacial score (nSPS) is 17.6. The molecule has 0 amide bonds. The minimum atomic E-state index is -4.89. The Kier molecular flexibility index (Phi) is 3.79. The number of hydrogen-bond donors (Lipinski definition) is 0. The smallest absolute Gasteiger partial charge is 0.429 e. The van der Waals surface area contributed by atoms with E-state index in [9.17, 15) is 23.1 Å². The van der Waals surface area contributed by atoms with E-state index < -0.39 is 23.8 Å². The molecule has 0 bridgehead atoms. The first-order valence-corrected chi connectivity index (χ1v) is 6.08. The number of carboxylic acid groups (broad SMARTS) is 1. The fourth-order valence-corrected chi connectivity index (χ4v) is 2.45. The molecule has 0 aliphatic carbocycles. The zero-order valence-corrected chi connectivity index (χ0v) is 11.6. The SMILES string of the molecule is COc1c(Cl)cc2c(c1C)OC(C(F)(F)F)C(C(=O)[O-])=C2. The van der Waals surface area contributed by atoms with Crippen LogP contribution in [0.15, 0.2) is 11.6 Å². The van der Waals surface area contributed by atoms with Crippen molar-refractivity contribution in [1.82, 2.24) is 0 Å². The van der Waals surface area contributed by atoms with Crippen LogP contribution in [0.1, 0.15) is 11.1 Å². The van der Waals surface area contributed by atoms with E-state index in [1.165, 1.54) is 20.1 Å². The van der Waals surface area contributed by atoms with Gasteiger partial charge in [-0.2, -0.15) is 13.2 Å². The Morgan fingerprint density at radius 2 is 2.10 bits per heavy atom. The van der Waals surface area contributed by atoms with Gasteiger partial charge in [-0.1, -0.05) is 11.6 Å². The lowest BCUT2D eigenvalue weighted by Crippen LogP contribution is -2.44. The Hall–Kier alpha value is -1.89. The first-order chi connectivity index (χ1) is 9.66. The van der Waals surface area contributed by atoms with Crippen molar-refractivity contribution in [3.63, 3.8) is 0 Å². The molecule has 0 saturated heterocycles. The standard InChI is InChI=1S/C13H10ClF3O4/c1-5-9-6(4-8(14)10(5)20-2)3-7(12(18)19)11(21-9)13(15,16)17/h3-4,11H,1-2H3,(H,18,19)/p-1. The van der Waals surface area contributed by atoms with Gasteiger partial charge in [0, 0.05) is 16.7 Å². The van der Waals surface area contributed by atoms with Gasteiger partial charge in [-0.15, -0.1) is 0 Å². The summed E-state index contributed by atoms with van der Waals surface area (Å²) in [5.41, 5.74) is -0.628. The van der Waals surface area contributed by atoms with Crippen LogP contribution in [0.4, 0.5) is 13.2 Å². The van der Waals surface area contributed by atoms with Crippen molar-refractivity contribution in [3.8, 4) is 11.5 Å². The second kappa shape index (κ2) is 5.14. The van der Waals surface area contributed by atoms with E-state index in [1.54, 1.807) is 0 Å². The van der Waals surface area contributed by atoms with Crippen molar-refractivity contribution in [2.75, 3.05) is 7.11 Å². The monoisotopic (exact) mass is 321 g/mol. The first kappa shape index (κ1) is 15.5. The Labute approximate surface area is 122 Å². The zero-order valence-electron chi connectivity index (χ0n) is 10.9. The molecule has 0 fully saturated rings. The summed E-state index contributed by atoms with van der Waals surface area (Å²) < 4.78 is 48.6. The second-order valence-electron chi connectivity index (χ2n) is 4.36. The lowest BCUT2D eigenvalue weighted by Gasteiger charge is -2.30. The largest absolute Gasteiger partial charge is 0.545 e. The second-order valence-corrected chi connectivity index (χ2v) is 4.77. The number of rotatable bonds is 2. The van der Waals surface area contributed by atoms with Crippen molar-refractivity contribution in [1.29, 1.82) is 0 Å². The minimum absolute atomic E-state index is 0.122. The topological polar surface area (TPSA) is 58.6 Å². The van der Waals surface area contributed by atoms with Gasteiger partial charge < -0.3 is 19.4 Å². The Morgan fingerprint density at radius 1 is 1.48 bits per heavy atom. The number of benzene rings is 1.